The molecule has 0 radical (unpaired) electrons. The molecule has 2 aliphatic heterocycles. The topological polar surface area (TPSA) is 69.7 Å². The largest absolute Gasteiger partial charge is 0.338 e. The molecule has 7 heteroatoms. The highest BCUT2D eigenvalue weighted by molar-refractivity contribution is 6.30. The van der Waals surface area contributed by atoms with Gasteiger partial charge in [-0.3, -0.25) is 14.5 Å². The monoisotopic (exact) mass is 391 g/mol. The van der Waals surface area contributed by atoms with Gasteiger partial charge in [0.05, 0.1) is 0 Å². The second-order valence-electron chi connectivity index (χ2n) is 7.23. The molecule has 2 heterocycles. The Bertz CT molecular complexity index is 736. The van der Waals surface area contributed by atoms with Crippen molar-refractivity contribution in [3.63, 3.8) is 0 Å². The lowest BCUT2D eigenvalue weighted by molar-refractivity contribution is -0.141. The second-order valence-corrected chi connectivity index (χ2v) is 7.67. The molecule has 2 unspecified atom stereocenters. The van der Waals surface area contributed by atoms with E-state index < -0.39 is 11.6 Å². The highest BCUT2D eigenvalue weighted by Crippen LogP contribution is 2.33. The maximum Gasteiger partial charge on any atom is 0.325 e. The molecule has 2 aliphatic rings. The summed E-state index contributed by atoms with van der Waals surface area (Å²) < 4.78 is 0. The molecule has 146 valence electrons. The minimum atomic E-state index is -1.14. The normalized spacial score (nSPS) is 25.7. The minimum absolute atomic E-state index is 0.159. The van der Waals surface area contributed by atoms with Crippen molar-refractivity contribution in [2.45, 2.75) is 57.5 Å². The summed E-state index contributed by atoms with van der Waals surface area (Å²) in [5.41, 5.74) is -0.472. The van der Waals surface area contributed by atoms with E-state index in [0.29, 0.717) is 23.6 Å². The van der Waals surface area contributed by atoms with Crippen LogP contribution in [-0.2, 0) is 15.1 Å². The molecule has 2 fully saturated rings. The number of nitrogens with zero attached hydrogens (tertiary/aromatic N) is 2. The molecule has 27 heavy (non-hydrogen) atoms. The van der Waals surface area contributed by atoms with Crippen molar-refractivity contribution in [1.82, 2.24) is 15.1 Å². The number of carbonyl (C=O) groups is 3. The quantitative estimate of drug-likeness (QED) is 0.783. The van der Waals surface area contributed by atoms with E-state index in [9.17, 15) is 14.4 Å². The number of nitrogens with one attached hydrogen (secondary N) is 1. The molecule has 6 nitrogen and oxygen atoms in total. The van der Waals surface area contributed by atoms with E-state index in [2.05, 4.69) is 12.2 Å². The Morgan fingerprint density at radius 2 is 1.93 bits per heavy atom. The third-order valence-corrected chi connectivity index (χ3v) is 6.01. The van der Waals surface area contributed by atoms with Gasteiger partial charge in [-0.05, 0) is 49.8 Å². The molecule has 2 saturated heterocycles. The first kappa shape index (κ1) is 19.7. The zero-order valence-corrected chi connectivity index (χ0v) is 16.6. The van der Waals surface area contributed by atoms with Crippen molar-refractivity contribution >= 4 is 29.4 Å². The number of benzene rings is 1. The standard InChI is InChI=1S/C20H26ClN3O3/c1-3-16-7-5-6-12-23(16)17(25)13-24-18(26)20(4-2,22-19(24)27)14-8-10-15(21)11-9-14/h8-11,16H,3-7,12-13H2,1-2H3,(H,22,27). The van der Waals surface area contributed by atoms with Crippen LogP contribution in [0.4, 0.5) is 4.79 Å². The smallest absolute Gasteiger partial charge is 0.325 e. The van der Waals surface area contributed by atoms with Crippen LogP contribution in [0.1, 0.15) is 51.5 Å². The summed E-state index contributed by atoms with van der Waals surface area (Å²) in [5, 5.41) is 3.37. The van der Waals surface area contributed by atoms with Gasteiger partial charge in [0.15, 0.2) is 0 Å². The summed E-state index contributed by atoms with van der Waals surface area (Å²) in [4.78, 5) is 41.4. The molecule has 0 aliphatic carbocycles. The van der Waals surface area contributed by atoms with Crippen LogP contribution in [-0.4, -0.2) is 46.8 Å². The average molecular weight is 392 g/mol. The highest BCUT2D eigenvalue weighted by atomic mass is 35.5. The molecule has 1 N–H and O–H groups in total. The molecule has 1 aromatic rings. The molecule has 1 aromatic carbocycles. The van der Waals surface area contributed by atoms with Crippen LogP contribution in [0.5, 0.6) is 0 Å². The van der Waals surface area contributed by atoms with Crippen LogP contribution in [0.25, 0.3) is 0 Å². The lowest BCUT2D eigenvalue weighted by Gasteiger charge is -2.36. The number of piperidine rings is 1. The number of urea groups is 1. The first-order chi connectivity index (χ1) is 12.9. The molecule has 0 saturated carbocycles. The molecule has 4 amide bonds. The van der Waals surface area contributed by atoms with Crippen molar-refractivity contribution in [2.75, 3.05) is 13.1 Å². The molecular weight excluding hydrogens is 366 g/mol. The van der Waals surface area contributed by atoms with Gasteiger partial charge in [0.25, 0.3) is 5.91 Å². The molecular formula is C20H26ClN3O3. The van der Waals surface area contributed by atoms with Crippen molar-refractivity contribution in [2.24, 2.45) is 0 Å². The minimum Gasteiger partial charge on any atom is -0.338 e. The zero-order valence-electron chi connectivity index (χ0n) is 15.8. The number of amides is 4. The predicted octanol–water partition coefficient (Wildman–Crippen LogP) is 3.29. The third-order valence-electron chi connectivity index (χ3n) is 5.76. The van der Waals surface area contributed by atoms with Gasteiger partial charge in [-0.25, -0.2) is 4.79 Å². The van der Waals surface area contributed by atoms with Crippen LogP contribution in [0, 0.1) is 0 Å². The first-order valence-electron chi connectivity index (χ1n) is 9.62. The summed E-state index contributed by atoms with van der Waals surface area (Å²) in [6.07, 6.45) is 4.33. The fraction of sp³-hybridized carbons (Fsp3) is 0.550. The fourth-order valence-electron chi connectivity index (χ4n) is 4.12. The Labute approximate surface area is 164 Å². The lowest BCUT2D eigenvalue weighted by Crippen LogP contribution is -2.49. The first-order valence-corrected chi connectivity index (χ1v) is 10.00. The number of hydrogen-bond acceptors (Lipinski definition) is 3. The Hall–Kier alpha value is -2.08. The number of hydrogen-bond donors (Lipinski definition) is 1. The van der Waals surface area contributed by atoms with Crippen molar-refractivity contribution in [3.05, 3.63) is 34.9 Å². The van der Waals surface area contributed by atoms with E-state index in [1.807, 2.05) is 11.8 Å². The van der Waals surface area contributed by atoms with Gasteiger partial charge < -0.3 is 10.2 Å². The zero-order chi connectivity index (χ0) is 19.6. The van der Waals surface area contributed by atoms with Crippen LogP contribution in [0.3, 0.4) is 0 Å². The van der Waals surface area contributed by atoms with Gasteiger partial charge in [0.2, 0.25) is 5.91 Å². The van der Waals surface area contributed by atoms with Crippen LogP contribution in [0.2, 0.25) is 5.02 Å². The number of carbonyl (C=O) groups excluding carboxylic acids is 3. The Kier molecular flexibility index (Phi) is 5.75. The summed E-state index contributed by atoms with van der Waals surface area (Å²) in [6.45, 7) is 4.39. The second kappa shape index (κ2) is 7.89. The van der Waals surface area contributed by atoms with Crippen molar-refractivity contribution in [3.8, 4) is 0 Å². The van der Waals surface area contributed by atoms with Crippen LogP contribution >= 0.6 is 11.6 Å². The Balaban J connectivity index is 1.81. The van der Waals surface area contributed by atoms with E-state index in [4.69, 9.17) is 11.6 Å². The number of halogens is 1. The number of likely N-dealkylation sites (tertiary alicyclic amines) is 1. The highest BCUT2D eigenvalue weighted by Gasteiger charge is 2.52. The van der Waals surface area contributed by atoms with E-state index in [1.165, 1.54) is 0 Å². The Morgan fingerprint density at radius 1 is 1.22 bits per heavy atom. The van der Waals surface area contributed by atoms with Gasteiger partial charge >= 0.3 is 6.03 Å². The fourth-order valence-corrected chi connectivity index (χ4v) is 4.25. The van der Waals surface area contributed by atoms with E-state index in [0.717, 1.165) is 30.6 Å². The maximum absolute atomic E-state index is 13.2. The predicted molar refractivity (Wildman–Crippen MR) is 103 cm³/mol. The SMILES string of the molecule is CCC1CCCCN1C(=O)CN1C(=O)NC(CC)(c2ccc(Cl)cc2)C1=O. The summed E-state index contributed by atoms with van der Waals surface area (Å²) in [5.74, 6) is -0.538. The molecule has 3 rings (SSSR count). The average Bonchev–Trinajstić information content (AvgIpc) is 2.93. The van der Waals surface area contributed by atoms with Gasteiger partial charge in [0.1, 0.15) is 12.1 Å². The maximum atomic E-state index is 13.2. The van der Waals surface area contributed by atoms with Crippen LogP contribution in [0.15, 0.2) is 24.3 Å². The van der Waals surface area contributed by atoms with E-state index in [1.54, 1.807) is 24.3 Å². The van der Waals surface area contributed by atoms with Gasteiger partial charge in [-0.15, -0.1) is 0 Å². The van der Waals surface area contributed by atoms with Gasteiger partial charge in [0, 0.05) is 17.6 Å². The van der Waals surface area contributed by atoms with Gasteiger partial charge in [-0.2, -0.15) is 0 Å². The van der Waals surface area contributed by atoms with Gasteiger partial charge in [-0.1, -0.05) is 37.6 Å². The summed E-state index contributed by atoms with van der Waals surface area (Å²) >= 11 is 5.95. The van der Waals surface area contributed by atoms with Crippen LogP contribution < -0.4 is 5.32 Å². The summed E-state index contributed by atoms with van der Waals surface area (Å²) in [6, 6.07) is 6.55. The van der Waals surface area contributed by atoms with Crippen molar-refractivity contribution in [1.29, 1.82) is 0 Å². The molecule has 0 bridgehead atoms. The number of imide groups is 1. The third kappa shape index (κ3) is 3.55. The van der Waals surface area contributed by atoms with Crippen molar-refractivity contribution < 1.29 is 14.4 Å². The Morgan fingerprint density at radius 3 is 2.56 bits per heavy atom. The lowest BCUT2D eigenvalue weighted by atomic mass is 9.87. The molecule has 0 spiro atoms. The number of rotatable bonds is 5. The molecule has 0 aromatic heterocycles. The van der Waals surface area contributed by atoms with E-state index >= 15 is 0 Å². The van der Waals surface area contributed by atoms with E-state index in [-0.39, 0.29) is 24.4 Å². The molecule has 2 atom stereocenters. The summed E-state index contributed by atoms with van der Waals surface area (Å²) in [7, 11) is 0.